The molecule has 0 aromatic carbocycles. The molecule has 1 amide bonds. The van der Waals surface area contributed by atoms with Gasteiger partial charge in [-0.05, 0) is 38.2 Å². The number of nitrogens with zero attached hydrogens (tertiary/aromatic N) is 2. The number of carbonyl (C=O) groups is 2. The number of aromatic nitrogens is 2. The van der Waals surface area contributed by atoms with E-state index in [4.69, 9.17) is 0 Å². The van der Waals surface area contributed by atoms with Crippen molar-refractivity contribution in [2.75, 3.05) is 0 Å². The van der Waals surface area contributed by atoms with Crippen LogP contribution in [-0.4, -0.2) is 32.8 Å². The van der Waals surface area contributed by atoms with Crippen LogP contribution in [-0.2, 0) is 4.79 Å². The largest absolute Gasteiger partial charge is 0.480 e. The van der Waals surface area contributed by atoms with Gasteiger partial charge in [-0.1, -0.05) is 20.8 Å². The molecule has 0 saturated heterocycles. The van der Waals surface area contributed by atoms with Crippen LogP contribution in [0.5, 0.6) is 0 Å². The zero-order valence-electron chi connectivity index (χ0n) is 13.4. The number of hydrogen-bond donors (Lipinski definition) is 2. The summed E-state index contributed by atoms with van der Waals surface area (Å²) >= 11 is 0. The van der Waals surface area contributed by atoms with Gasteiger partial charge in [0.1, 0.15) is 11.7 Å². The monoisotopic (exact) mass is 295 g/mol. The summed E-state index contributed by atoms with van der Waals surface area (Å²) in [4.78, 5) is 23.3. The highest BCUT2D eigenvalue weighted by Gasteiger charge is 2.24. The number of nitrogens with one attached hydrogen (secondary N) is 1. The minimum absolute atomic E-state index is 0.0254. The second kappa shape index (κ2) is 6.74. The molecule has 0 radical (unpaired) electrons. The third kappa shape index (κ3) is 5.57. The Hall–Kier alpha value is -1.85. The van der Waals surface area contributed by atoms with Crippen molar-refractivity contribution < 1.29 is 14.7 Å². The van der Waals surface area contributed by atoms with Crippen LogP contribution >= 0.6 is 0 Å². The van der Waals surface area contributed by atoms with Gasteiger partial charge in [0, 0.05) is 12.2 Å². The zero-order chi connectivity index (χ0) is 16.2. The Bertz CT molecular complexity index is 501. The first-order valence-electron chi connectivity index (χ1n) is 7.19. The molecule has 1 rings (SSSR count). The number of hydrogen-bond acceptors (Lipinski definition) is 3. The van der Waals surface area contributed by atoms with Crippen molar-refractivity contribution in [2.24, 2.45) is 5.41 Å². The Morgan fingerprint density at radius 3 is 2.43 bits per heavy atom. The van der Waals surface area contributed by atoms with E-state index in [1.54, 1.807) is 16.9 Å². The first kappa shape index (κ1) is 17.2. The second-order valence-electron chi connectivity index (χ2n) is 6.74. The number of rotatable bonds is 6. The molecule has 1 atom stereocenters. The molecule has 118 valence electrons. The predicted molar refractivity (Wildman–Crippen MR) is 80.2 cm³/mol. The molecule has 2 N–H and O–H groups in total. The lowest BCUT2D eigenvalue weighted by atomic mass is 9.88. The van der Waals surface area contributed by atoms with Crippen molar-refractivity contribution in [3.05, 3.63) is 18.0 Å². The van der Waals surface area contributed by atoms with E-state index in [0.29, 0.717) is 12.8 Å². The highest BCUT2D eigenvalue weighted by Crippen LogP contribution is 2.21. The van der Waals surface area contributed by atoms with Gasteiger partial charge >= 0.3 is 5.97 Å². The topological polar surface area (TPSA) is 84.2 Å². The van der Waals surface area contributed by atoms with Crippen LogP contribution in [0, 0.1) is 5.41 Å². The van der Waals surface area contributed by atoms with Gasteiger partial charge in [0.25, 0.3) is 5.91 Å². The lowest BCUT2D eigenvalue weighted by Gasteiger charge is -2.21. The molecule has 0 aliphatic rings. The molecule has 0 saturated carbocycles. The summed E-state index contributed by atoms with van der Waals surface area (Å²) in [6, 6.07) is 0.862. The molecule has 21 heavy (non-hydrogen) atoms. The molecular formula is C15H25N3O3. The van der Waals surface area contributed by atoms with Crippen molar-refractivity contribution in [3.8, 4) is 0 Å². The molecule has 1 aromatic rings. The van der Waals surface area contributed by atoms with Gasteiger partial charge in [-0.15, -0.1) is 0 Å². The highest BCUT2D eigenvalue weighted by atomic mass is 16.4. The van der Waals surface area contributed by atoms with Crippen molar-refractivity contribution in [1.29, 1.82) is 0 Å². The molecule has 0 spiro atoms. The Kier molecular flexibility index (Phi) is 5.52. The second-order valence-corrected chi connectivity index (χ2v) is 6.74. The first-order chi connectivity index (χ1) is 9.60. The van der Waals surface area contributed by atoms with Crippen LogP contribution in [0.1, 0.15) is 64.0 Å². The summed E-state index contributed by atoms with van der Waals surface area (Å²) in [6.45, 7) is 10.0. The van der Waals surface area contributed by atoms with Gasteiger partial charge in [0.05, 0.1) is 0 Å². The molecule has 1 unspecified atom stereocenters. The van der Waals surface area contributed by atoms with Gasteiger partial charge in [-0.2, -0.15) is 5.10 Å². The van der Waals surface area contributed by atoms with Crippen molar-refractivity contribution in [1.82, 2.24) is 15.1 Å². The quantitative estimate of drug-likeness (QED) is 0.844. The number of carboxylic acid groups (broad SMARTS) is 1. The Morgan fingerprint density at radius 2 is 2.00 bits per heavy atom. The van der Waals surface area contributed by atoms with Crippen LogP contribution in [0.25, 0.3) is 0 Å². The van der Waals surface area contributed by atoms with E-state index < -0.39 is 17.9 Å². The maximum atomic E-state index is 12.1. The molecule has 6 nitrogen and oxygen atoms in total. The normalized spacial score (nSPS) is 13.2. The van der Waals surface area contributed by atoms with Gasteiger partial charge < -0.3 is 10.4 Å². The van der Waals surface area contributed by atoms with Crippen LogP contribution in [0.2, 0.25) is 0 Å². The van der Waals surface area contributed by atoms with Gasteiger partial charge in [-0.25, -0.2) is 4.79 Å². The molecule has 1 heterocycles. The average Bonchev–Trinajstić information content (AvgIpc) is 2.82. The molecule has 0 fully saturated rings. The summed E-state index contributed by atoms with van der Waals surface area (Å²) in [5.41, 5.74) is 0.267. The van der Waals surface area contributed by atoms with E-state index in [2.05, 4.69) is 10.4 Å². The predicted octanol–water partition coefficient (Wildman–Crippen LogP) is 2.47. The van der Waals surface area contributed by atoms with E-state index in [-0.39, 0.29) is 17.2 Å². The van der Waals surface area contributed by atoms with E-state index in [1.165, 1.54) is 0 Å². The van der Waals surface area contributed by atoms with Crippen LogP contribution < -0.4 is 5.32 Å². The van der Waals surface area contributed by atoms with Crippen LogP contribution in [0.4, 0.5) is 0 Å². The smallest absolute Gasteiger partial charge is 0.326 e. The standard InChI is InChI=1S/C15H25N3O3/c1-10(2)18-9-7-11(17-18)13(19)16-12(14(20)21)6-8-15(3,4)5/h7,9-10,12H,6,8H2,1-5H3,(H,16,19)(H,20,21). The number of aliphatic carboxylic acids is 1. The lowest BCUT2D eigenvalue weighted by Crippen LogP contribution is -2.41. The van der Waals surface area contributed by atoms with Crippen molar-refractivity contribution in [3.63, 3.8) is 0 Å². The highest BCUT2D eigenvalue weighted by molar-refractivity contribution is 5.94. The van der Waals surface area contributed by atoms with E-state index in [9.17, 15) is 14.7 Å². The number of carbonyl (C=O) groups excluding carboxylic acids is 1. The SMILES string of the molecule is CC(C)n1ccc(C(=O)NC(CCC(C)(C)C)C(=O)O)n1. The lowest BCUT2D eigenvalue weighted by molar-refractivity contribution is -0.139. The number of carboxylic acids is 1. The summed E-state index contributed by atoms with van der Waals surface area (Å²) in [6.07, 6.45) is 2.82. The van der Waals surface area contributed by atoms with Gasteiger partial charge in [0.15, 0.2) is 0 Å². The summed E-state index contributed by atoms with van der Waals surface area (Å²) in [5.74, 6) is -1.47. The average molecular weight is 295 g/mol. The first-order valence-corrected chi connectivity index (χ1v) is 7.19. The molecule has 6 heteroatoms. The minimum atomic E-state index is -1.02. The Labute approximate surface area is 125 Å². The fourth-order valence-corrected chi connectivity index (χ4v) is 1.81. The van der Waals surface area contributed by atoms with Crippen LogP contribution in [0.3, 0.4) is 0 Å². The fraction of sp³-hybridized carbons (Fsp3) is 0.667. The Morgan fingerprint density at radius 1 is 1.38 bits per heavy atom. The third-order valence-electron chi connectivity index (χ3n) is 3.16. The maximum Gasteiger partial charge on any atom is 0.326 e. The van der Waals surface area contributed by atoms with Gasteiger partial charge in [0.2, 0.25) is 0 Å². The molecule has 0 aliphatic carbocycles. The van der Waals surface area contributed by atoms with Crippen LogP contribution in [0.15, 0.2) is 12.3 Å². The van der Waals surface area contributed by atoms with E-state index >= 15 is 0 Å². The Balaban J connectivity index is 2.69. The van der Waals surface area contributed by atoms with Gasteiger partial charge in [-0.3, -0.25) is 9.48 Å². The summed E-state index contributed by atoms with van der Waals surface area (Å²) in [5, 5.41) is 15.9. The number of amides is 1. The van der Waals surface area contributed by atoms with Crippen molar-refractivity contribution >= 4 is 11.9 Å². The summed E-state index contributed by atoms with van der Waals surface area (Å²) < 4.78 is 1.67. The molecular weight excluding hydrogens is 270 g/mol. The fourth-order valence-electron chi connectivity index (χ4n) is 1.81. The molecule has 1 aromatic heterocycles. The van der Waals surface area contributed by atoms with Crippen molar-refractivity contribution in [2.45, 2.75) is 59.5 Å². The molecule has 0 aliphatic heterocycles. The third-order valence-corrected chi connectivity index (χ3v) is 3.16. The van der Waals surface area contributed by atoms with E-state index in [0.717, 1.165) is 0 Å². The van der Waals surface area contributed by atoms with E-state index in [1.807, 2.05) is 34.6 Å². The maximum absolute atomic E-state index is 12.1. The minimum Gasteiger partial charge on any atom is -0.480 e. The molecule has 0 bridgehead atoms. The zero-order valence-corrected chi connectivity index (χ0v) is 13.4. The summed E-state index contributed by atoms with van der Waals surface area (Å²) in [7, 11) is 0.